The molecular weight excluding hydrogens is 961 g/mol. The third kappa shape index (κ3) is 64.5. The van der Waals surface area contributed by atoms with Gasteiger partial charge in [-0.15, -0.1) is 0 Å². The standard InChI is InChI=1S/C72H134O6/c1-4-7-10-13-16-19-22-25-28-31-33-34-35-36-37-38-39-42-44-47-50-53-56-59-62-65-71(74)77-68-69(67-76-70(73)64-61-58-55-52-49-46-43-40-30-27-24-21-18-15-12-9-6-3)78-72(75)66-63-60-57-54-51-48-45-41-32-29-26-23-20-17-14-11-8-5-2/h27,29-33,69H,4-26,28,34-68H2,1-3H3/b30-27-,32-29-,33-31-. The van der Waals surface area contributed by atoms with Crippen LogP contribution in [0.3, 0.4) is 0 Å². The third-order valence-electron chi connectivity index (χ3n) is 15.8. The molecular formula is C72H134O6. The molecule has 458 valence electrons. The lowest BCUT2D eigenvalue weighted by molar-refractivity contribution is -0.167. The molecule has 0 saturated carbocycles. The summed E-state index contributed by atoms with van der Waals surface area (Å²) in [5, 5.41) is 0. The summed E-state index contributed by atoms with van der Waals surface area (Å²) in [7, 11) is 0. The third-order valence-corrected chi connectivity index (χ3v) is 15.8. The van der Waals surface area contributed by atoms with E-state index in [2.05, 4.69) is 57.2 Å². The van der Waals surface area contributed by atoms with Crippen LogP contribution in [0, 0.1) is 0 Å². The molecule has 0 aliphatic carbocycles. The lowest BCUT2D eigenvalue weighted by Gasteiger charge is -2.18. The first-order valence-electron chi connectivity index (χ1n) is 35.0. The second-order valence-electron chi connectivity index (χ2n) is 23.8. The van der Waals surface area contributed by atoms with Crippen LogP contribution in [0.2, 0.25) is 0 Å². The predicted molar refractivity (Wildman–Crippen MR) is 339 cm³/mol. The Hall–Kier alpha value is -2.37. The van der Waals surface area contributed by atoms with E-state index in [0.29, 0.717) is 19.3 Å². The highest BCUT2D eigenvalue weighted by molar-refractivity contribution is 5.71. The highest BCUT2D eigenvalue weighted by Gasteiger charge is 2.19. The normalized spacial score (nSPS) is 12.2. The molecule has 1 unspecified atom stereocenters. The van der Waals surface area contributed by atoms with Crippen molar-refractivity contribution < 1.29 is 28.6 Å². The lowest BCUT2D eigenvalue weighted by Crippen LogP contribution is -2.30. The number of ether oxygens (including phenoxy) is 3. The zero-order valence-electron chi connectivity index (χ0n) is 52.7. The summed E-state index contributed by atoms with van der Waals surface area (Å²) < 4.78 is 17.0. The van der Waals surface area contributed by atoms with Gasteiger partial charge in [0, 0.05) is 19.3 Å². The largest absolute Gasteiger partial charge is 0.462 e. The molecule has 0 aliphatic rings. The van der Waals surface area contributed by atoms with Gasteiger partial charge in [-0.1, -0.05) is 308 Å². The van der Waals surface area contributed by atoms with E-state index in [1.165, 1.54) is 289 Å². The van der Waals surface area contributed by atoms with Crippen LogP contribution in [0.4, 0.5) is 0 Å². The van der Waals surface area contributed by atoms with E-state index < -0.39 is 6.10 Å². The number of carbonyl (C=O) groups is 3. The molecule has 0 rings (SSSR count). The molecule has 0 aromatic rings. The molecule has 0 aromatic carbocycles. The molecule has 0 bridgehead atoms. The number of rotatable bonds is 65. The van der Waals surface area contributed by atoms with Crippen molar-refractivity contribution in [3.05, 3.63) is 36.5 Å². The second-order valence-corrected chi connectivity index (χ2v) is 23.8. The van der Waals surface area contributed by atoms with Gasteiger partial charge in [0.2, 0.25) is 0 Å². The van der Waals surface area contributed by atoms with Crippen molar-refractivity contribution in [2.45, 2.75) is 393 Å². The van der Waals surface area contributed by atoms with E-state index in [-0.39, 0.29) is 31.1 Å². The minimum atomic E-state index is -0.776. The molecule has 6 nitrogen and oxygen atoms in total. The molecule has 1 atom stereocenters. The summed E-state index contributed by atoms with van der Waals surface area (Å²) in [6.45, 7) is 6.70. The number of carbonyl (C=O) groups excluding carboxylic acids is 3. The molecule has 0 heterocycles. The van der Waals surface area contributed by atoms with Crippen LogP contribution in [-0.4, -0.2) is 37.2 Å². The maximum absolute atomic E-state index is 12.9. The second kappa shape index (κ2) is 67.1. The van der Waals surface area contributed by atoms with Gasteiger partial charge in [0.05, 0.1) is 0 Å². The number of allylic oxidation sites excluding steroid dienone is 6. The first-order chi connectivity index (χ1) is 38.5. The van der Waals surface area contributed by atoms with Crippen molar-refractivity contribution in [3.8, 4) is 0 Å². The molecule has 0 radical (unpaired) electrons. The Bertz CT molecular complexity index is 1300. The highest BCUT2D eigenvalue weighted by atomic mass is 16.6. The van der Waals surface area contributed by atoms with Crippen LogP contribution in [0.1, 0.15) is 387 Å². The molecule has 0 amide bonds. The van der Waals surface area contributed by atoms with Crippen molar-refractivity contribution in [3.63, 3.8) is 0 Å². The first kappa shape index (κ1) is 75.6. The zero-order chi connectivity index (χ0) is 56.4. The zero-order valence-corrected chi connectivity index (χ0v) is 52.7. The Labute approximate surface area is 486 Å². The number of esters is 3. The van der Waals surface area contributed by atoms with Gasteiger partial charge in [-0.2, -0.15) is 0 Å². The van der Waals surface area contributed by atoms with Crippen molar-refractivity contribution in [1.82, 2.24) is 0 Å². The van der Waals surface area contributed by atoms with Gasteiger partial charge in [0.25, 0.3) is 0 Å². The highest BCUT2D eigenvalue weighted by Crippen LogP contribution is 2.18. The van der Waals surface area contributed by atoms with Crippen LogP contribution in [-0.2, 0) is 28.6 Å². The van der Waals surface area contributed by atoms with Crippen LogP contribution in [0.5, 0.6) is 0 Å². The Kier molecular flexibility index (Phi) is 65.1. The minimum absolute atomic E-state index is 0.0716. The van der Waals surface area contributed by atoms with E-state index >= 15 is 0 Å². The predicted octanol–water partition coefficient (Wildman–Crippen LogP) is 23.9. The Morgan fingerprint density at radius 1 is 0.244 bits per heavy atom. The fourth-order valence-electron chi connectivity index (χ4n) is 10.5. The van der Waals surface area contributed by atoms with Gasteiger partial charge in [-0.25, -0.2) is 0 Å². The van der Waals surface area contributed by atoms with Crippen molar-refractivity contribution in [2.24, 2.45) is 0 Å². The fourth-order valence-corrected chi connectivity index (χ4v) is 10.5. The summed E-state index contributed by atoms with van der Waals surface area (Å²) >= 11 is 0. The molecule has 0 saturated heterocycles. The number of hydrogen-bond donors (Lipinski definition) is 0. The van der Waals surface area contributed by atoms with Crippen molar-refractivity contribution >= 4 is 17.9 Å². The lowest BCUT2D eigenvalue weighted by atomic mass is 10.0. The van der Waals surface area contributed by atoms with E-state index in [1.54, 1.807) is 0 Å². The maximum Gasteiger partial charge on any atom is 0.306 e. The van der Waals surface area contributed by atoms with E-state index in [0.717, 1.165) is 57.8 Å². The quantitative estimate of drug-likeness (QED) is 0.0261. The Morgan fingerprint density at radius 2 is 0.423 bits per heavy atom. The first-order valence-corrected chi connectivity index (χ1v) is 35.0. The van der Waals surface area contributed by atoms with Crippen molar-refractivity contribution in [2.75, 3.05) is 13.2 Å². The fraction of sp³-hybridized carbons (Fsp3) is 0.875. The summed E-state index contributed by atoms with van der Waals surface area (Å²) in [5.41, 5.74) is 0. The Morgan fingerprint density at radius 3 is 0.641 bits per heavy atom. The van der Waals surface area contributed by atoms with Gasteiger partial charge in [-0.3, -0.25) is 14.4 Å². The summed E-state index contributed by atoms with van der Waals surface area (Å²) in [6, 6.07) is 0. The molecule has 0 aliphatic heterocycles. The smallest absolute Gasteiger partial charge is 0.306 e. The van der Waals surface area contributed by atoms with Gasteiger partial charge in [0.1, 0.15) is 13.2 Å². The number of unbranched alkanes of at least 4 members (excludes halogenated alkanes) is 48. The molecule has 78 heavy (non-hydrogen) atoms. The SMILES string of the molecule is CCCCCCCC/C=C\CCCCCCCCCC(=O)OCC(COC(=O)CCCCCCCCCCCCCCC/C=C\CCCCCCCCCC)OC(=O)CCCCCCCCC/C=C\CCCCCCCCC. The van der Waals surface area contributed by atoms with Crippen LogP contribution < -0.4 is 0 Å². The van der Waals surface area contributed by atoms with Gasteiger partial charge >= 0.3 is 17.9 Å². The monoisotopic (exact) mass is 1100 g/mol. The van der Waals surface area contributed by atoms with E-state index in [9.17, 15) is 14.4 Å². The molecule has 6 heteroatoms. The van der Waals surface area contributed by atoms with Gasteiger partial charge < -0.3 is 14.2 Å². The minimum Gasteiger partial charge on any atom is -0.462 e. The van der Waals surface area contributed by atoms with Gasteiger partial charge in [0.15, 0.2) is 6.10 Å². The van der Waals surface area contributed by atoms with E-state index in [1.807, 2.05) is 0 Å². The van der Waals surface area contributed by atoms with Crippen LogP contribution >= 0.6 is 0 Å². The summed E-state index contributed by atoms with van der Waals surface area (Å²) in [6.07, 6.45) is 83.1. The maximum atomic E-state index is 12.9. The molecule has 0 spiro atoms. The summed E-state index contributed by atoms with van der Waals surface area (Å²) in [4.78, 5) is 38.4. The number of hydrogen-bond acceptors (Lipinski definition) is 6. The summed E-state index contributed by atoms with van der Waals surface area (Å²) in [5.74, 6) is -0.854. The molecule has 0 fully saturated rings. The average Bonchev–Trinajstić information content (AvgIpc) is 3.44. The topological polar surface area (TPSA) is 78.9 Å². The Balaban J connectivity index is 4.29. The van der Waals surface area contributed by atoms with E-state index in [4.69, 9.17) is 14.2 Å². The van der Waals surface area contributed by atoms with Crippen LogP contribution in [0.25, 0.3) is 0 Å². The van der Waals surface area contributed by atoms with Gasteiger partial charge in [-0.05, 0) is 96.3 Å². The van der Waals surface area contributed by atoms with Crippen molar-refractivity contribution in [1.29, 1.82) is 0 Å². The molecule has 0 aromatic heterocycles. The van der Waals surface area contributed by atoms with Crippen LogP contribution in [0.15, 0.2) is 36.5 Å². The molecule has 0 N–H and O–H groups in total. The average molecular weight is 1100 g/mol.